The molecule has 0 fully saturated rings. The van der Waals surface area contributed by atoms with Crippen molar-refractivity contribution < 1.29 is 10.2 Å². The zero-order valence-corrected chi connectivity index (χ0v) is 29.3. The fraction of sp³-hybridized carbons (Fsp3) is 0.130. The van der Waals surface area contributed by atoms with Gasteiger partial charge in [0.25, 0.3) is 0 Å². The van der Waals surface area contributed by atoms with Crippen LogP contribution in [0.4, 0.5) is 5.69 Å². The molecule has 1 heterocycles. The molecule has 0 atom stereocenters. The lowest BCUT2D eigenvalue weighted by atomic mass is 9.92. The summed E-state index contributed by atoms with van der Waals surface area (Å²) in [6, 6.07) is 38.5. The van der Waals surface area contributed by atoms with Crippen LogP contribution in [0.25, 0.3) is 55.4 Å². The van der Waals surface area contributed by atoms with Crippen LogP contribution in [-0.4, -0.2) is 21.4 Å². The molecule has 1 aromatic heterocycles. The van der Waals surface area contributed by atoms with E-state index < -0.39 is 0 Å². The predicted molar refractivity (Wildman–Crippen MR) is 209 cm³/mol. The Morgan fingerprint density at radius 2 is 1.14 bits per heavy atom. The van der Waals surface area contributed by atoms with Crippen molar-refractivity contribution in [3.05, 3.63) is 154 Å². The van der Waals surface area contributed by atoms with Crippen LogP contribution in [0.2, 0.25) is 0 Å². The molecule has 50 heavy (non-hydrogen) atoms. The van der Waals surface area contributed by atoms with Gasteiger partial charge in [0.15, 0.2) is 0 Å². The molecule has 4 nitrogen and oxygen atoms in total. The van der Waals surface area contributed by atoms with Crippen molar-refractivity contribution in [2.75, 3.05) is 0 Å². The van der Waals surface area contributed by atoms with Gasteiger partial charge >= 0.3 is 0 Å². The van der Waals surface area contributed by atoms with Crippen LogP contribution in [0.1, 0.15) is 39.1 Å². The molecule has 0 aliphatic rings. The smallest absolute Gasteiger partial charge is 0.126 e. The zero-order chi connectivity index (χ0) is 35.1. The molecule has 4 heteroatoms. The number of aromatic nitrogens is 1. The lowest BCUT2D eigenvalue weighted by molar-refractivity contribution is 0.477. The number of phenolic OH excluding ortho intramolecular Hbond substituents is 2. The van der Waals surface area contributed by atoms with E-state index in [2.05, 4.69) is 90.1 Å². The molecule has 0 aliphatic heterocycles. The van der Waals surface area contributed by atoms with E-state index in [1.807, 2.05) is 66.7 Å². The summed E-state index contributed by atoms with van der Waals surface area (Å²) >= 11 is 0. The molecular formula is C46H40N2O2. The summed E-state index contributed by atoms with van der Waals surface area (Å²) in [5.41, 5.74) is 15.9. The minimum Gasteiger partial charge on any atom is -0.507 e. The number of aryl methyl sites for hydroxylation is 6. The fourth-order valence-electron chi connectivity index (χ4n) is 7.50. The molecule has 0 saturated carbocycles. The van der Waals surface area contributed by atoms with Crippen LogP contribution in [-0.2, 0) is 0 Å². The molecule has 6 aromatic carbocycles. The van der Waals surface area contributed by atoms with Crippen molar-refractivity contribution >= 4 is 22.7 Å². The Hall–Kier alpha value is -6.00. The molecule has 0 spiro atoms. The van der Waals surface area contributed by atoms with Crippen molar-refractivity contribution in [3.63, 3.8) is 0 Å². The lowest BCUT2D eigenvalue weighted by Crippen LogP contribution is -1.95. The van der Waals surface area contributed by atoms with Gasteiger partial charge in [-0.15, -0.1) is 0 Å². The Morgan fingerprint density at radius 1 is 0.520 bits per heavy atom. The van der Waals surface area contributed by atoms with E-state index in [4.69, 9.17) is 9.98 Å². The van der Waals surface area contributed by atoms with Crippen LogP contribution in [0.15, 0.2) is 120 Å². The SMILES string of the molecule is Cc1cc(C)c(-c2ccc(-c3cc(-c4ccccc4)cc(C=Nc4cccc5cc(-c6c(C)cc(C)cc6C)cc(O)c45)n3)c(O)c2)c(C)c1. The third-order valence-electron chi connectivity index (χ3n) is 9.43. The molecule has 7 rings (SSSR count). The first-order valence-electron chi connectivity index (χ1n) is 16.9. The molecule has 246 valence electrons. The number of phenols is 2. The van der Waals surface area contributed by atoms with E-state index in [0.717, 1.165) is 38.8 Å². The number of hydrogen-bond acceptors (Lipinski definition) is 4. The van der Waals surface area contributed by atoms with E-state index >= 15 is 0 Å². The molecule has 0 radical (unpaired) electrons. The van der Waals surface area contributed by atoms with E-state index in [-0.39, 0.29) is 11.5 Å². The van der Waals surface area contributed by atoms with Gasteiger partial charge in [0, 0.05) is 10.9 Å². The van der Waals surface area contributed by atoms with Gasteiger partial charge in [-0.05, 0) is 145 Å². The number of aliphatic imine (C=N–C) groups is 1. The maximum atomic E-state index is 11.4. The van der Waals surface area contributed by atoms with Gasteiger partial charge in [0.05, 0.1) is 23.3 Å². The first-order chi connectivity index (χ1) is 24.0. The minimum atomic E-state index is 0.163. The van der Waals surface area contributed by atoms with Crippen molar-refractivity contribution in [2.24, 2.45) is 4.99 Å². The van der Waals surface area contributed by atoms with Crippen LogP contribution in [0, 0.1) is 41.5 Å². The topological polar surface area (TPSA) is 65.7 Å². The maximum Gasteiger partial charge on any atom is 0.126 e. The summed E-state index contributed by atoms with van der Waals surface area (Å²) < 4.78 is 0. The van der Waals surface area contributed by atoms with Crippen molar-refractivity contribution in [1.82, 2.24) is 4.98 Å². The number of rotatable bonds is 6. The number of aromatic hydroxyl groups is 2. The van der Waals surface area contributed by atoms with Crippen molar-refractivity contribution in [3.8, 4) is 56.1 Å². The number of benzene rings is 6. The zero-order valence-electron chi connectivity index (χ0n) is 29.3. The highest BCUT2D eigenvalue weighted by molar-refractivity contribution is 6.02. The summed E-state index contributed by atoms with van der Waals surface area (Å²) in [4.78, 5) is 9.84. The van der Waals surface area contributed by atoms with Crippen LogP contribution in [0.5, 0.6) is 11.5 Å². The van der Waals surface area contributed by atoms with Crippen molar-refractivity contribution in [2.45, 2.75) is 41.5 Å². The number of nitrogens with zero attached hydrogens (tertiary/aromatic N) is 2. The molecule has 0 amide bonds. The second-order valence-corrected chi connectivity index (χ2v) is 13.4. The quantitative estimate of drug-likeness (QED) is 0.176. The Bertz CT molecular complexity index is 2410. The molecule has 2 N–H and O–H groups in total. The second kappa shape index (κ2) is 13.1. The molecule has 0 unspecified atom stereocenters. The Kier molecular flexibility index (Phi) is 8.55. The lowest BCUT2D eigenvalue weighted by Gasteiger charge is -2.14. The summed E-state index contributed by atoms with van der Waals surface area (Å²) in [5.74, 6) is 0.344. The normalized spacial score (nSPS) is 11.5. The predicted octanol–water partition coefficient (Wildman–Crippen LogP) is 11.9. The first-order valence-corrected chi connectivity index (χ1v) is 16.9. The van der Waals surface area contributed by atoms with Gasteiger partial charge < -0.3 is 10.2 Å². The van der Waals surface area contributed by atoms with Crippen LogP contribution in [0.3, 0.4) is 0 Å². The second-order valence-electron chi connectivity index (χ2n) is 13.4. The fourth-order valence-corrected chi connectivity index (χ4v) is 7.50. The van der Waals surface area contributed by atoms with E-state index in [1.165, 1.54) is 33.4 Å². The third kappa shape index (κ3) is 6.28. The van der Waals surface area contributed by atoms with Gasteiger partial charge in [0.1, 0.15) is 11.5 Å². The number of hydrogen-bond donors (Lipinski definition) is 2. The van der Waals surface area contributed by atoms with E-state index in [1.54, 1.807) is 6.21 Å². The Labute approximate surface area is 294 Å². The van der Waals surface area contributed by atoms with Crippen LogP contribution < -0.4 is 0 Å². The molecular weight excluding hydrogens is 613 g/mol. The minimum absolute atomic E-state index is 0.163. The first kappa shape index (κ1) is 32.5. The third-order valence-corrected chi connectivity index (χ3v) is 9.43. The summed E-state index contributed by atoms with van der Waals surface area (Å²) in [6.45, 7) is 12.6. The number of fused-ring (bicyclic) bond motifs is 1. The Morgan fingerprint density at radius 3 is 1.78 bits per heavy atom. The molecule has 0 bridgehead atoms. The molecule has 7 aromatic rings. The van der Waals surface area contributed by atoms with Crippen LogP contribution >= 0.6 is 0 Å². The largest absolute Gasteiger partial charge is 0.507 e. The highest BCUT2D eigenvalue weighted by Crippen LogP contribution is 2.40. The van der Waals surface area contributed by atoms with E-state index in [0.29, 0.717) is 28.0 Å². The van der Waals surface area contributed by atoms with Gasteiger partial charge in [-0.2, -0.15) is 0 Å². The summed E-state index contributed by atoms with van der Waals surface area (Å²) in [6.07, 6.45) is 1.73. The van der Waals surface area contributed by atoms with E-state index in [9.17, 15) is 10.2 Å². The maximum absolute atomic E-state index is 11.4. The molecule has 0 saturated heterocycles. The van der Waals surface area contributed by atoms with Crippen molar-refractivity contribution in [1.29, 1.82) is 0 Å². The highest BCUT2D eigenvalue weighted by Gasteiger charge is 2.15. The highest BCUT2D eigenvalue weighted by atomic mass is 16.3. The monoisotopic (exact) mass is 652 g/mol. The van der Waals surface area contributed by atoms with Gasteiger partial charge in [-0.25, -0.2) is 4.98 Å². The average Bonchev–Trinajstić information content (AvgIpc) is 3.06. The van der Waals surface area contributed by atoms with Gasteiger partial charge in [0.2, 0.25) is 0 Å². The number of pyridine rings is 1. The summed E-state index contributed by atoms with van der Waals surface area (Å²) in [7, 11) is 0. The standard InChI is InChI=1S/C46H40N2O2/c1-27-17-29(3)44(30(4)18-27)35-15-16-39(42(49)24-35)41-23-36(33-11-8-7-9-12-33)22-38(48-41)26-47-40-14-10-13-34-21-37(25-43(50)46(34)40)45-31(5)19-28(2)20-32(45)6/h7-26,49-50H,1-6H3. The average molecular weight is 653 g/mol. The van der Waals surface area contributed by atoms with Gasteiger partial charge in [-0.3, -0.25) is 4.99 Å². The Balaban J connectivity index is 1.30. The van der Waals surface area contributed by atoms with Gasteiger partial charge in [-0.1, -0.05) is 83.9 Å². The summed E-state index contributed by atoms with van der Waals surface area (Å²) in [5, 5.41) is 24.4. The molecule has 0 aliphatic carbocycles.